The van der Waals surface area contributed by atoms with Crippen molar-refractivity contribution in [1.29, 1.82) is 0 Å². The van der Waals surface area contributed by atoms with Crippen molar-refractivity contribution in [1.82, 2.24) is 0 Å². The van der Waals surface area contributed by atoms with Gasteiger partial charge in [-0.25, -0.2) is 0 Å². The standard InChI is InChI=1S/C12H15ClO/c13-11-7-3-2-6-10(11)12(14)8-4-1-5-9-12/h2-3,6-7,14H,1,4-5,8-9H2. The molecule has 0 radical (unpaired) electrons. The minimum absolute atomic E-state index is 0.670. The van der Waals surface area contributed by atoms with E-state index < -0.39 is 5.60 Å². The molecule has 0 spiro atoms. The van der Waals surface area contributed by atoms with Gasteiger partial charge >= 0.3 is 0 Å². The lowest BCUT2D eigenvalue weighted by Gasteiger charge is -2.33. The number of halogens is 1. The zero-order valence-corrected chi connectivity index (χ0v) is 8.93. The van der Waals surface area contributed by atoms with Crippen molar-refractivity contribution in [3.63, 3.8) is 0 Å². The molecule has 0 unspecified atom stereocenters. The van der Waals surface area contributed by atoms with Crippen LogP contribution in [0.3, 0.4) is 0 Å². The Balaban J connectivity index is 2.32. The van der Waals surface area contributed by atoms with E-state index in [9.17, 15) is 5.11 Å². The minimum Gasteiger partial charge on any atom is -0.385 e. The van der Waals surface area contributed by atoms with E-state index in [0.29, 0.717) is 5.02 Å². The molecule has 0 amide bonds. The van der Waals surface area contributed by atoms with Gasteiger partial charge in [-0.15, -0.1) is 0 Å². The molecule has 1 aromatic carbocycles. The van der Waals surface area contributed by atoms with Crippen LogP contribution < -0.4 is 0 Å². The average molecular weight is 211 g/mol. The fourth-order valence-electron chi connectivity index (χ4n) is 2.24. The Kier molecular flexibility index (Phi) is 2.80. The second-order valence-corrected chi connectivity index (χ2v) is 4.48. The quantitative estimate of drug-likeness (QED) is 0.753. The van der Waals surface area contributed by atoms with E-state index in [4.69, 9.17) is 11.6 Å². The molecule has 14 heavy (non-hydrogen) atoms. The van der Waals surface area contributed by atoms with Crippen molar-refractivity contribution in [3.8, 4) is 0 Å². The Hall–Kier alpha value is -0.530. The topological polar surface area (TPSA) is 20.2 Å². The van der Waals surface area contributed by atoms with Crippen molar-refractivity contribution < 1.29 is 5.11 Å². The van der Waals surface area contributed by atoms with Crippen LogP contribution in [0.4, 0.5) is 0 Å². The third-order valence-corrected chi connectivity index (χ3v) is 3.39. The minimum atomic E-state index is -0.670. The van der Waals surface area contributed by atoms with Crippen LogP contribution in [-0.2, 0) is 5.60 Å². The second-order valence-electron chi connectivity index (χ2n) is 4.07. The maximum atomic E-state index is 10.4. The molecule has 2 heteroatoms. The summed E-state index contributed by atoms with van der Waals surface area (Å²) < 4.78 is 0. The van der Waals surface area contributed by atoms with Gasteiger partial charge in [-0.3, -0.25) is 0 Å². The van der Waals surface area contributed by atoms with Crippen molar-refractivity contribution in [2.75, 3.05) is 0 Å². The van der Waals surface area contributed by atoms with Crippen molar-refractivity contribution in [2.45, 2.75) is 37.7 Å². The summed E-state index contributed by atoms with van der Waals surface area (Å²) in [4.78, 5) is 0. The number of aliphatic hydroxyl groups is 1. The van der Waals surface area contributed by atoms with Crippen LogP contribution in [0.15, 0.2) is 24.3 Å². The summed E-state index contributed by atoms with van der Waals surface area (Å²) in [6, 6.07) is 7.63. The fraction of sp³-hybridized carbons (Fsp3) is 0.500. The lowest BCUT2D eigenvalue weighted by Crippen LogP contribution is -2.28. The Morgan fingerprint density at radius 3 is 2.36 bits per heavy atom. The van der Waals surface area contributed by atoms with Gasteiger partial charge in [-0.1, -0.05) is 49.1 Å². The number of hydrogen-bond donors (Lipinski definition) is 1. The van der Waals surface area contributed by atoms with E-state index in [1.807, 2.05) is 24.3 Å². The normalized spacial score (nSPS) is 20.7. The summed E-state index contributed by atoms with van der Waals surface area (Å²) in [6.07, 6.45) is 5.11. The Morgan fingerprint density at radius 2 is 1.71 bits per heavy atom. The summed E-state index contributed by atoms with van der Waals surface area (Å²) in [5.74, 6) is 0. The lowest BCUT2D eigenvalue weighted by molar-refractivity contribution is -0.000522. The summed E-state index contributed by atoms with van der Waals surface area (Å²) >= 11 is 6.09. The Bertz CT molecular complexity index is 316. The predicted molar refractivity (Wildman–Crippen MR) is 58.4 cm³/mol. The molecule has 1 aliphatic carbocycles. The molecule has 1 fully saturated rings. The van der Waals surface area contributed by atoms with Crippen LogP contribution in [0.5, 0.6) is 0 Å². The molecular formula is C12H15ClO. The Labute approximate surface area is 89.7 Å². The highest BCUT2D eigenvalue weighted by molar-refractivity contribution is 6.31. The summed E-state index contributed by atoms with van der Waals surface area (Å²) in [7, 11) is 0. The molecule has 1 aromatic rings. The van der Waals surface area contributed by atoms with Gasteiger partial charge in [0.1, 0.15) is 0 Å². The van der Waals surface area contributed by atoms with Gasteiger partial charge in [0.25, 0.3) is 0 Å². The molecular weight excluding hydrogens is 196 g/mol. The highest BCUT2D eigenvalue weighted by Crippen LogP contribution is 2.39. The van der Waals surface area contributed by atoms with Crippen LogP contribution in [0.1, 0.15) is 37.7 Å². The van der Waals surface area contributed by atoms with Crippen LogP contribution >= 0.6 is 11.6 Å². The lowest BCUT2D eigenvalue weighted by atomic mass is 9.80. The van der Waals surface area contributed by atoms with Gasteiger partial charge in [0, 0.05) is 10.6 Å². The van der Waals surface area contributed by atoms with E-state index >= 15 is 0 Å². The van der Waals surface area contributed by atoms with Gasteiger partial charge in [-0.2, -0.15) is 0 Å². The highest BCUT2D eigenvalue weighted by atomic mass is 35.5. The Morgan fingerprint density at radius 1 is 1.07 bits per heavy atom. The van der Waals surface area contributed by atoms with Crippen molar-refractivity contribution >= 4 is 11.6 Å². The summed E-state index contributed by atoms with van der Waals surface area (Å²) in [5.41, 5.74) is 0.234. The van der Waals surface area contributed by atoms with Gasteiger partial charge < -0.3 is 5.11 Å². The van der Waals surface area contributed by atoms with E-state index in [0.717, 1.165) is 31.2 Å². The molecule has 0 aliphatic heterocycles. The summed E-state index contributed by atoms with van der Waals surface area (Å²) in [6.45, 7) is 0. The first-order valence-corrected chi connectivity index (χ1v) is 5.58. The average Bonchev–Trinajstić information content (AvgIpc) is 2.19. The first-order valence-electron chi connectivity index (χ1n) is 5.20. The van der Waals surface area contributed by atoms with Gasteiger partial charge in [0.05, 0.1) is 5.60 Å². The van der Waals surface area contributed by atoms with E-state index in [1.165, 1.54) is 6.42 Å². The molecule has 1 N–H and O–H groups in total. The van der Waals surface area contributed by atoms with Crippen LogP contribution in [0, 0.1) is 0 Å². The molecule has 0 atom stereocenters. The van der Waals surface area contributed by atoms with E-state index in [2.05, 4.69) is 0 Å². The molecule has 1 saturated carbocycles. The summed E-state index contributed by atoms with van der Waals surface area (Å²) in [5, 5.41) is 11.1. The third-order valence-electron chi connectivity index (χ3n) is 3.06. The molecule has 0 saturated heterocycles. The molecule has 0 bridgehead atoms. The third kappa shape index (κ3) is 1.79. The molecule has 1 nitrogen and oxygen atoms in total. The first-order chi connectivity index (χ1) is 6.72. The molecule has 0 heterocycles. The van der Waals surface area contributed by atoms with Crippen LogP contribution in [-0.4, -0.2) is 5.11 Å². The molecule has 1 aliphatic rings. The molecule has 76 valence electrons. The SMILES string of the molecule is OC1(c2ccccc2Cl)CCCCC1. The van der Waals surface area contributed by atoms with Crippen LogP contribution in [0.25, 0.3) is 0 Å². The zero-order valence-electron chi connectivity index (χ0n) is 8.17. The molecule has 2 rings (SSSR count). The predicted octanol–water partition coefficient (Wildman–Crippen LogP) is 3.49. The van der Waals surface area contributed by atoms with E-state index in [-0.39, 0.29) is 0 Å². The maximum Gasteiger partial charge on any atom is 0.0910 e. The first kappa shape index (κ1) is 10.0. The van der Waals surface area contributed by atoms with Crippen molar-refractivity contribution in [3.05, 3.63) is 34.9 Å². The van der Waals surface area contributed by atoms with Crippen LogP contribution in [0.2, 0.25) is 5.02 Å². The van der Waals surface area contributed by atoms with Gasteiger partial charge in [0.2, 0.25) is 0 Å². The maximum absolute atomic E-state index is 10.4. The van der Waals surface area contributed by atoms with E-state index in [1.54, 1.807) is 0 Å². The largest absolute Gasteiger partial charge is 0.385 e. The monoisotopic (exact) mass is 210 g/mol. The number of rotatable bonds is 1. The van der Waals surface area contributed by atoms with Gasteiger partial charge in [-0.05, 0) is 18.9 Å². The highest BCUT2D eigenvalue weighted by Gasteiger charge is 2.32. The molecule has 0 aromatic heterocycles. The number of hydrogen-bond acceptors (Lipinski definition) is 1. The van der Waals surface area contributed by atoms with Crippen molar-refractivity contribution in [2.24, 2.45) is 0 Å². The zero-order chi connectivity index (χ0) is 10.0. The van der Waals surface area contributed by atoms with Gasteiger partial charge in [0.15, 0.2) is 0 Å². The fourth-order valence-corrected chi connectivity index (χ4v) is 2.56. The second kappa shape index (κ2) is 3.92. The number of benzene rings is 1. The smallest absolute Gasteiger partial charge is 0.0910 e.